The zero-order valence-corrected chi connectivity index (χ0v) is 17.9. The Kier molecular flexibility index (Phi) is 4.89. The number of anilines is 1. The van der Waals surface area contributed by atoms with Gasteiger partial charge in [0.05, 0.1) is 17.5 Å². The Morgan fingerprint density at radius 2 is 2.13 bits per heavy atom. The molecule has 1 amide bonds. The second-order valence-corrected chi connectivity index (χ2v) is 9.43. The van der Waals surface area contributed by atoms with Gasteiger partial charge in [0.15, 0.2) is 26.4 Å². The van der Waals surface area contributed by atoms with Gasteiger partial charge in [-0.3, -0.25) is 4.79 Å². The van der Waals surface area contributed by atoms with Crippen LogP contribution in [0.1, 0.15) is 20.8 Å². The molecule has 0 fully saturated rings. The molecule has 158 valence electrons. The predicted octanol–water partition coefficient (Wildman–Crippen LogP) is 2.55. The summed E-state index contributed by atoms with van der Waals surface area (Å²) in [5, 5.41) is 3.35. The van der Waals surface area contributed by atoms with E-state index in [4.69, 9.17) is 9.47 Å². The maximum Gasteiger partial charge on any atom is 0.222 e. The average molecular weight is 430 g/mol. The number of carbonyl (C=O) groups is 1. The zero-order chi connectivity index (χ0) is 21.6. The number of nitrogens with one attached hydrogen (secondary N) is 1. The molecule has 1 aliphatic rings. The van der Waals surface area contributed by atoms with Gasteiger partial charge in [-0.05, 0) is 13.0 Å². The summed E-state index contributed by atoms with van der Waals surface area (Å²) in [6, 6.07) is 3.15. The second kappa shape index (κ2) is 7.28. The molecule has 4 heterocycles. The van der Waals surface area contributed by atoms with Gasteiger partial charge in [0.1, 0.15) is 24.2 Å². The van der Waals surface area contributed by atoms with Crippen LogP contribution in [0.3, 0.4) is 0 Å². The lowest BCUT2D eigenvalue weighted by Crippen LogP contribution is -2.26. The van der Waals surface area contributed by atoms with Gasteiger partial charge in [-0.25, -0.2) is 18.4 Å². The number of amides is 1. The molecular weight excluding hydrogens is 408 g/mol. The highest BCUT2D eigenvalue weighted by molar-refractivity contribution is 7.91. The van der Waals surface area contributed by atoms with Crippen LogP contribution < -0.4 is 14.8 Å². The van der Waals surface area contributed by atoms with Crippen LogP contribution in [0.25, 0.3) is 22.2 Å². The Labute approximate surface area is 174 Å². The van der Waals surface area contributed by atoms with Crippen LogP contribution in [-0.2, 0) is 21.7 Å². The molecule has 0 radical (unpaired) electrons. The fourth-order valence-electron chi connectivity index (χ4n) is 3.37. The van der Waals surface area contributed by atoms with E-state index in [0.29, 0.717) is 35.2 Å². The number of sulfone groups is 1. The molecule has 1 N–H and O–H groups in total. The third-order valence-electron chi connectivity index (χ3n) is 4.84. The Morgan fingerprint density at radius 1 is 1.37 bits per heavy atom. The van der Waals surface area contributed by atoms with Crippen molar-refractivity contribution in [3.8, 4) is 22.8 Å². The van der Waals surface area contributed by atoms with Gasteiger partial charge in [0, 0.05) is 37.2 Å². The topological polar surface area (TPSA) is 112 Å². The summed E-state index contributed by atoms with van der Waals surface area (Å²) in [7, 11) is -1.72. The van der Waals surface area contributed by atoms with Crippen molar-refractivity contribution in [3.63, 3.8) is 0 Å². The van der Waals surface area contributed by atoms with E-state index in [1.165, 1.54) is 13.0 Å². The smallest absolute Gasteiger partial charge is 0.222 e. The van der Waals surface area contributed by atoms with Gasteiger partial charge < -0.3 is 19.4 Å². The summed E-state index contributed by atoms with van der Waals surface area (Å²) in [5.41, 5.74) is 1.82. The monoisotopic (exact) mass is 430 g/mol. The van der Waals surface area contributed by atoms with Crippen molar-refractivity contribution in [3.05, 3.63) is 24.5 Å². The second-order valence-electron chi connectivity index (χ2n) is 7.20. The minimum atomic E-state index is -3.57. The molecule has 0 spiro atoms. The molecule has 3 aromatic rings. The van der Waals surface area contributed by atoms with E-state index < -0.39 is 9.84 Å². The minimum Gasteiger partial charge on any atom is -0.484 e. The molecule has 0 aliphatic carbocycles. The van der Waals surface area contributed by atoms with E-state index in [0.717, 1.165) is 10.9 Å². The number of aryl methyl sites for hydroxylation is 1. The highest BCUT2D eigenvalue weighted by Gasteiger charge is 2.28. The Morgan fingerprint density at radius 3 is 2.83 bits per heavy atom. The number of hydrogen-bond donors (Lipinski definition) is 1. The van der Waals surface area contributed by atoms with Crippen LogP contribution in [0.15, 0.2) is 29.6 Å². The molecule has 1 unspecified atom stereocenters. The zero-order valence-electron chi connectivity index (χ0n) is 17.1. The number of hydrogen-bond acceptors (Lipinski definition) is 7. The van der Waals surface area contributed by atoms with Crippen LogP contribution in [0, 0.1) is 0 Å². The van der Waals surface area contributed by atoms with Crippen LogP contribution in [0.2, 0.25) is 0 Å². The lowest BCUT2D eigenvalue weighted by Gasteiger charge is -2.25. The first-order valence-electron chi connectivity index (χ1n) is 9.50. The molecule has 30 heavy (non-hydrogen) atoms. The summed E-state index contributed by atoms with van der Waals surface area (Å²) in [4.78, 5) is 20.2. The van der Waals surface area contributed by atoms with Crippen LogP contribution in [-0.4, -0.2) is 47.3 Å². The van der Waals surface area contributed by atoms with Crippen molar-refractivity contribution in [1.29, 1.82) is 0 Å². The SMILES string of the molecule is CCS(=O)(=O)c1cc2c(c(-c3cn(C)c4cnc(NC(C)=O)cc34)n1)OCC(C)O2. The number of rotatable bonds is 4. The molecule has 0 saturated carbocycles. The van der Waals surface area contributed by atoms with Gasteiger partial charge in [-0.15, -0.1) is 0 Å². The summed E-state index contributed by atoms with van der Waals surface area (Å²) in [6.45, 7) is 5.14. The summed E-state index contributed by atoms with van der Waals surface area (Å²) >= 11 is 0. The van der Waals surface area contributed by atoms with Crippen molar-refractivity contribution in [2.45, 2.75) is 31.9 Å². The van der Waals surface area contributed by atoms with Gasteiger partial charge in [-0.2, -0.15) is 0 Å². The van der Waals surface area contributed by atoms with Gasteiger partial charge in [0.2, 0.25) is 5.91 Å². The third-order valence-corrected chi connectivity index (χ3v) is 6.45. The number of ether oxygens (including phenoxy) is 2. The van der Waals surface area contributed by atoms with Gasteiger partial charge in [-0.1, -0.05) is 6.92 Å². The molecule has 4 rings (SSSR count). The predicted molar refractivity (Wildman–Crippen MR) is 112 cm³/mol. The molecule has 9 nitrogen and oxygen atoms in total. The number of nitrogens with zero attached hydrogens (tertiary/aromatic N) is 3. The highest BCUT2D eigenvalue weighted by atomic mass is 32.2. The average Bonchev–Trinajstić information content (AvgIpc) is 3.02. The normalized spacial score (nSPS) is 15.9. The van der Waals surface area contributed by atoms with Crippen LogP contribution >= 0.6 is 0 Å². The summed E-state index contributed by atoms with van der Waals surface area (Å²) in [6.07, 6.45) is 3.26. The quantitative estimate of drug-likeness (QED) is 0.677. The van der Waals surface area contributed by atoms with E-state index in [2.05, 4.69) is 15.3 Å². The van der Waals surface area contributed by atoms with Gasteiger partial charge >= 0.3 is 0 Å². The van der Waals surface area contributed by atoms with Crippen molar-refractivity contribution in [2.24, 2.45) is 7.05 Å². The molecular formula is C20H22N4O5S. The van der Waals surface area contributed by atoms with Crippen molar-refractivity contribution in [1.82, 2.24) is 14.5 Å². The van der Waals surface area contributed by atoms with Crippen molar-refractivity contribution in [2.75, 3.05) is 17.7 Å². The molecule has 1 atom stereocenters. The molecule has 1 aliphatic heterocycles. The Balaban J connectivity index is 1.99. The summed E-state index contributed by atoms with van der Waals surface area (Å²) < 4.78 is 38.8. The maximum absolute atomic E-state index is 12.6. The van der Waals surface area contributed by atoms with Gasteiger partial charge in [0.25, 0.3) is 0 Å². The van der Waals surface area contributed by atoms with Crippen molar-refractivity contribution < 1.29 is 22.7 Å². The summed E-state index contributed by atoms with van der Waals surface area (Å²) in [5.74, 6) is 0.810. The number of fused-ring (bicyclic) bond motifs is 2. The standard InChI is InChI=1S/C20H22N4O5S/c1-5-30(26,27)18-7-16-20(28-10-11(2)29-16)19(23-18)14-9-24(4)15-8-21-17(6-13(14)15)22-12(3)25/h6-9,11H,5,10H2,1-4H3,(H,21,22,25). The lowest BCUT2D eigenvalue weighted by atomic mass is 10.1. The molecule has 10 heteroatoms. The van der Waals surface area contributed by atoms with Crippen molar-refractivity contribution >= 4 is 32.5 Å². The largest absolute Gasteiger partial charge is 0.484 e. The number of aromatic nitrogens is 3. The fraction of sp³-hybridized carbons (Fsp3) is 0.350. The van der Waals surface area contributed by atoms with Crippen LogP contribution in [0.4, 0.5) is 5.82 Å². The Bertz CT molecular complexity index is 1270. The molecule has 3 aromatic heterocycles. The molecule has 0 aromatic carbocycles. The minimum absolute atomic E-state index is 0.0652. The Hall–Kier alpha value is -3.14. The maximum atomic E-state index is 12.6. The first-order chi connectivity index (χ1) is 14.2. The number of pyridine rings is 2. The third kappa shape index (κ3) is 3.47. The van der Waals surface area contributed by atoms with E-state index in [9.17, 15) is 13.2 Å². The van der Waals surface area contributed by atoms with E-state index in [-0.39, 0.29) is 22.8 Å². The first-order valence-corrected chi connectivity index (χ1v) is 11.1. The lowest BCUT2D eigenvalue weighted by molar-refractivity contribution is -0.114. The molecule has 0 bridgehead atoms. The highest BCUT2D eigenvalue weighted by Crippen LogP contribution is 2.43. The van der Waals surface area contributed by atoms with E-state index in [1.54, 1.807) is 19.2 Å². The first kappa shape index (κ1) is 20.1. The fourth-order valence-corrected chi connectivity index (χ4v) is 4.18. The van der Waals surface area contributed by atoms with E-state index in [1.807, 2.05) is 24.7 Å². The number of carbonyl (C=O) groups excluding carboxylic acids is 1. The van der Waals surface area contributed by atoms with E-state index >= 15 is 0 Å². The van der Waals surface area contributed by atoms with Crippen LogP contribution in [0.5, 0.6) is 11.5 Å². The molecule has 0 saturated heterocycles.